The molecule has 112 valence electrons. The molecule has 3 rings (SSSR count). The Kier molecular flexibility index (Phi) is 4.38. The Balaban J connectivity index is 1.79. The Morgan fingerprint density at radius 3 is 2.86 bits per heavy atom. The predicted octanol–water partition coefficient (Wildman–Crippen LogP) is 3.48. The lowest BCUT2D eigenvalue weighted by Gasteiger charge is -2.15. The number of aliphatic hydroxyl groups excluding tert-OH is 1. The van der Waals surface area contributed by atoms with Crippen molar-refractivity contribution >= 4 is 39.9 Å². The first kappa shape index (κ1) is 15.0. The molecule has 7 heteroatoms. The smallest absolute Gasteiger partial charge is 0.137 e. The fraction of sp³-hybridized carbons (Fsp3) is 0.133. The third-order valence-corrected chi connectivity index (χ3v) is 3.79. The summed E-state index contributed by atoms with van der Waals surface area (Å²) in [6, 6.07) is 6.82. The lowest BCUT2D eigenvalue weighted by molar-refractivity contribution is 0.191. The van der Waals surface area contributed by atoms with Gasteiger partial charge in [-0.25, -0.2) is 9.97 Å². The van der Waals surface area contributed by atoms with Gasteiger partial charge in [0.1, 0.15) is 12.1 Å². The molecular formula is C15H12Cl2N4O. The largest absolute Gasteiger partial charge is 0.387 e. The topological polar surface area (TPSA) is 70.9 Å². The van der Waals surface area contributed by atoms with Gasteiger partial charge >= 0.3 is 0 Å². The van der Waals surface area contributed by atoms with E-state index >= 15 is 0 Å². The molecule has 2 N–H and O–H groups in total. The summed E-state index contributed by atoms with van der Waals surface area (Å²) in [5.41, 5.74) is 1.35. The Morgan fingerprint density at radius 2 is 2.05 bits per heavy atom. The van der Waals surface area contributed by atoms with E-state index in [0.717, 1.165) is 10.9 Å². The number of nitrogens with one attached hydrogen (secondary N) is 1. The second kappa shape index (κ2) is 6.44. The van der Waals surface area contributed by atoms with Crippen molar-refractivity contribution in [2.75, 3.05) is 11.9 Å². The van der Waals surface area contributed by atoms with Crippen molar-refractivity contribution in [2.24, 2.45) is 0 Å². The average molecular weight is 335 g/mol. The van der Waals surface area contributed by atoms with Crippen LogP contribution in [0.1, 0.15) is 11.7 Å². The Bertz CT molecular complexity index is 807. The summed E-state index contributed by atoms with van der Waals surface area (Å²) in [5.74, 6) is 0.636. The SMILES string of the molecule is OC(CNc1ncnc2cnccc12)c1ccc(Cl)cc1Cl. The maximum Gasteiger partial charge on any atom is 0.137 e. The van der Waals surface area contributed by atoms with Crippen molar-refractivity contribution < 1.29 is 5.11 Å². The summed E-state index contributed by atoms with van der Waals surface area (Å²) in [4.78, 5) is 12.4. The summed E-state index contributed by atoms with van der Waals surface area (Å²) in [6.07, 6.45) is 4.00. The maximum absolute atomic E-state index is 10.3. The molecule has 0 saturated heterocycles. The van der Waals surface area contributed by atoms with Crippen molar-refractivity contribution in [1.29, 1.82) is 0 Å². The van der Waals surface area contributed by atoms with Crippen molar-refractivity contribution in [3.63, 3.8) is 0 Å². The number of aromatic nitrogens is 3. The third-order valence-electron chi connectivity index (χ3n) is 3.22. The number of hydrogen-bond acceptors (Lipinski definition) is 5. The van der Waals surface area contributed by atoms with Crippen LogP contribution >= 0.6 is 23.2 Å². The molecule has 1 unspecified atom stereocenters. The molecule has 3 aromatic rings. The summed E-state index contributed by atoms with van der Waals surface area (Å²) >= 11 is 12.0. The van der Waals surface area contributed by atoms with E-state index in [0.29, 0.717) is 21.4 Å². The second-order valence-electron chi connectivity index (χ2n) is 4.68. The molecule has 1 atom stereocenters. The molecule has 2 heterocycles. The summed E-state index contributed by atoms with van der Waals surface area (Å²) in [6.45, 7) is 0.260. The fourth-order valence-electron chi connectivity index (χ4n) is 2.12. The van der Waals surface area contributed by atoms with Crippen LogP contribution in [0.4, 0.5) is 5.82 Å². The van der Waals surface area contributed by atoms with Gasteiger partial charge in [-0.3, -0.25) is 4.98 Å². The van der Waals surface area contributed by atoms with Gasteiger partial charge in [0, 0.05) is 33.7 Å². The highest BCUT2D eigenvalue weighted by Crippen LogP contribution is 2.27. The summed E-state index contributed by atoms with van der Waals surface area (Å²) < 4.78 is 0. The van der Waals surface area contributed by atoms with Gasteiger partial charge in [0.2, 0.25) is 0 Å². The normalized spacial score (nSPS) is 12.3. The van der Waals surface area contributed by atoms with Crippen LogP contribution in [-0.4, -0.2) is 26.6 Å². The number of anilines is 1. The molecule has 0 radical (unpaired) electrons. The van der Waals surface area contributed by atoms with Crippen LogP contribution in [0.3, 0.4) is 0 Å². The van der Waals surface area contributed by atoms with E-state index in [1.807, 2.05) is 6.07 Å². The zero-order valence-electron chi connectivity index (χ0n) is 11.4. The van der Waals surface area contributed by atoms with Gasteiger partial charge in [0.15, 0.2) is 0 Å². The zero-order chi connectivity index (χ0) is 15.5. The number of fused-ring (bicyclic) bond motifs is 1. The van der Waals surface area contributed by atoms with Gasteiger partial charge in [-0.1, -0.05) is 29.3 Å². The van der Waals surface area contributed by atoms with E-state index in [1.54, 1.807) is 30.6 Å². The highest BCUT2D eigenvalue weighted by molar-refractivity contribution is 6.35. The average Bonchev–Trinajstić information content (AvgIpc) is 2.52. The van der Waals surface area contributed by atoms with Crippen LogP contribution in [-0.2, 0) is 0 Å². The first-order chi connectivity index (χ1) is 10.6. The van der Waals surface area contributed by atoms with Crippen molar-refractivity contribution in [1.82, 2.24) is 15.0 Å². The number of aliphatic hydroxyl groups is 1. The van der Waals surface area contributed by atoms with E-state index < -0.39 is 6.10 Å². The van der Waals surface area contributed by atoms with Crippen molar-refractivity contribution in [3.05, 3.63) is 58.6 Å². The molecule has 1 aromatic carbocycles. The molecule has 0 spiro atoms. The minimum Gasteiger partial charge on any atom is -0.387 e. The molecular weight excluding hydrogens is 323 g/mol. The molecule has 0 aliphatic carbocycles. The molecule has 0 aliphatic rings. The second-order valence-corrected chi connectivity index (χ2v) is 5.52. The molecule has 0 saturated carbocycles. The van der Waals surface area contributed by atoms with Gasteiger partial charge in [0.05, 0.1) is 17.8 Å². The molecule has 2 aromatic heterocycles. The minimum atomic E-state index is -0.781. The van der Waals surface area contributed by atoms with E-state index in [-0.39, 0.29) is 6.54 Å². The molecule has 0 aliphatic heterocycles. The highest BCUT2D eigenvalue weighted by atomic mass is 35.5. The first-order valence-electron chi connectivity index (χ1n) is 6.57. The van der Waals surface area contributed by atoms with E-state index in [1.165, 1.54) is 6.33 Å². The summed E-state index contributed by atoms with van der Waals surface area (Å²) in [7, 11) is 0. The quantitative estimate of drug-likeness (QED) is 0.764. The van der Waals surface area contributed by atoms with E-state index in [2.05, 4.69) is 20.3 Å². The van der Waals surface area contributed by atoms with Crippen LogP contribution in [0, 0.1) is 0 Å². The number of nitrogens with zero attached hydrogens (tertiary/aromatic N) is 3. The van der Waals surface area contributed by atoms with Crippen molar-refractivity contribution in [3.8, 4) is 0 Å². The number of benzene rings is 1. The van der Waals surface area contributed by atoms with Crippen LogP contribution in [0.25, 0.3) is 10.9 Å². The lowest BCUT2D eigenvalue weighted by Crippen LogP contribution is -2.13. The molecule has 0 fully saturated rings. The van der Waals surface area contributed by atoms with E-state index in [9.17, 15) is 5.11 Å². The van der Waals surface area contributed by atoms with Crippen LogP contribution < -0.4 is 5.32 Å². The van der Waals surface area contributed by atoms with Gasteiger partial charge in [-0.2, -0.15) is 0 Å². The maximum atomic E-state index is 10.3. The standard InChI is InChI=1S/C15H12Cl2N4O/c16-9-1-2-10(12(17)5-9)14(22)7-19-15-11-3-4-18-6-13(11)20-8-21-15/h1-6,8,14,22H,7H2,(H,19,20,21). The van der Waals surface area contributed by atoms with Crippen LogP contribution in [0.5, 0.6) is 0 Å². The number of rotatable bonds is 4. The van der Waals surface area contributed by atoms with Gasteiger partial charge in [-0.05, 0) is 18.2 Å². The lowest BCUT2D eigenvalue weighted by atomic mass is 10.1. The van der Waals surface area contributed by atoms with Gasteiger partial charge < -0.3 is 10.4 Å². The van der Waals surface area contributed by atoms with Crippen LogP contribution in [0.15, 0.2) is 43.0 Å². The number of halogens is 2. The summed E-state index contributed by atoms with van der Waals surface area (Å²) in [5, 5.41) is 15.2. The van der Waals surface area contributed by atoms with Gasteiger partial charge in [0.25, 0.3) is 0 Å². The minimum absolute atomic E-state index is 0.260. The monoisotopic (exact) mass is 334 g/mol. The molecule has 22 heavy (non-hydrogen) atoms. The number of pyridine rings is 1. The Labute approximate surface area is 137 Å². The van der Waals surface area contributed by atoms with Crippen LogP contribution in [0.2, 0.25) is 10.0 Å². The highest BCUT2D eigenvalue weighted by Gasteiger charge is 2.13. The Hall–Kier alpha value is -1.95. The fourth-order valence-corrected chi connectivity index (χ4v) is 2.66. The Morgan fingerprint density at radius 1 is 1.18 bits per heavy atom. The first-order valence-corrected chi connectivity index (χ1v) is 7.32. The third kappa shape index (κ3) is 3.11. The zero-order valence-corrected chi connectivity index (χ0v) is 12.9. The van der Waals surface area contributed by atoms with E-state index in [4.69, 9.17) is 23.2 Å². The molecule has 0 bridgehead atoms. The number of hydrogen-bond donors (Lipinski definition) is 2. The van der Waals surface area contributed by atoms with Crippen molar-refractivity contribution in [2.45, 2.75) is 6.10 Å². The molecule has 0 amide bonds. The van der Waals surface area contributed by atoms with Gasteiger partial charge in [-0.15, -0.1) is 0 Å². The predicted molar refractivity (Wildman–Crippen MR) is 87.2 cm³/mol. The molecule has 5 nitrogen and oxygen atoms in total.